The number of fused-ring (bicyclic) bond motifs is 7. The number of rotatable bonds is 5. The maximum atomic E-state index is 17.0. The van der Waals surface area contributed by atoms with Gasteiger partial charge in [-0.05, 0) is 101 Å². The molecule has 5 aliphatic heterocycles. The molecule has 0 spiro atoms. The average molecular weight is 809 g/mol. The van der Waals surface area contributed by atoms with E-state index in [-0.39, 0.29) is 41.5 Å². The van der Waals surface area contributed by atoms with E-state index >= 15 is 4.39 Å². The van der Waals surface area contributed by atoms with Crippen molar-refractivity contribution in [2.45, 2.75) is 121 Å². The maximum Gasteiger partial charge on any atom is 0.426 e. The third-order valence-corrected chi connectivity index (χ3v) is 12.6. The van der Waals surface area contributed by atoms with Crippen molar-refractivity contribution in [3.63, 3.8) is 0 Å². The molecule has 8 nitrogen and oxygen atoms in total. The summed E-state index contributed by atoms with van der Waals surface area (Å²) in [7, 11) is 0.362. The molecule has 4 saturated heterocycles. The molecule has 4 fully saturated rings. The van der Waals surface area contributed by atoms with Gasteiger partial charge >= 0.3 is 18.4 Å². The molecular formula is C41H48F8N6O2. The molecule has 310 valence electrons. The fourth-order valence-corrected chi connectivity index (χ4v) is 9.39. The van der Waals surface area contributed by atoms with E-state index in [0.29, 0.717) is 54.1 Å². The van der Waals surface area contributed by atoms with E-state index in [4.69, 9.17) is 19.7 Å². The summed E-state index contributed by atoms with van der Waals surface area (Å²) in [6.45, 7) is 9.24. The number of halogens is 8. The number of aromatic nitrogens is 3. The molecule has 5 aliphatic rings. The first-order chi connectivity index (χ1) is 27.0. The van der Waals surface area contributed by atoms with E-state index in [2.05, 4.69) is 19.9 Å². The zero-order chi connectivity index (χ0) is 41.1. The van der Waals surface area contributed by atoms with Gasteiger partial charge in [-0.25, -0.2) is 13.8 Å². The lowest BCUT2D eigenvalue weighted by atomic mass is 9.95. The molecule has 1 N–H and O–H groups in total. The molecule has 7 heterocycles. The van der Waals surface area contributed by atoms with Crippen molar-refractivity contribution >= 4 is 27.5 Å². The zero-order valence-corrected chi connectivity index (χ0v) is 32.7. The predicted octanol–water partition coefficient (Wildman–Crippen LogP) is 9.24. The van der Waals surface area contributed by atoms with E-state index < -0.39 is 23.8 Å². The minimum absolute atomic E-state index is 0.0286. The molecule has 0 aliphatic carbocycles. The Morgan fingerprint density at radius 1 is 0.895 bits per heavy atom. The third kappa shape index (κ3) is 7.06. The summed E-state index contributed by atoms with van der Waals surface area (Å²) >= 11 is 0. The first-order valence-corrected chi connectivity index (χ1v) is 19.7. The van der Waals surface area contributed by atoms with Crippen LogP contribution in [0.4, 0.5) is 40.9 Å². The Morgan fingerprint density at radius 3 is 2.25 bits per heavy atom. The molecule has 2 bridgehead atoms. The molecule has 16 heteroatoms. The highest BCUT2D eigenvalue weighted by molar-refractivity contribution is 6.01. The van der Waals surface area contributed by atoms with Gasteiger partial charge in [0, 0.05) is 37.3 Å². The van der Waals surface area contributed by atoms with Crippen molar-refractivity contribution in [3.8, 4) is 17.3 Å². The highest BCUT2D eigenvalue weighted by Gasteiger charge is 2.68. The number of ether oxygens (including phenoxy) is 2. The topological polar surface area (TPSA) is 75.6 Å². The van der Waals surface area contributed by atoms with Crippen LogP contribution in [0, 0.1) is 18.6 Å². The summed E-state index contributed by atoms with van der Waals surface area (Å²) in [5.41, 5.74) is -1.70. The molecule has 0 amide bonds. The Labute approximate surface area is 326 Å². The van der Waals surface area contributed by atoms with Gasteiger partial charge in [0.05, 0.1) is 16.6 Å². The van der Waals surface area contributed by atoms with Crippen molar-refractivity contribution in [1.29, 1.82) is 0 Å². The normalized spacial score (nSPS) is 22.7. The molecule has 4 aromatic rings. The second kappa shape index (κ2) is 15.4. The van der Waals surface area contributed by atoms with Gasteiger partial charge in [0.1, 0.15) is 29.5 Å². The number of benzene rings is 2. The van der Waals surface area contributed by atoms with E-state index in [1.165, 1.54) is 18.9 Å². The molecule has 1 unspecified atom stereocenters. The van der Waals surface area contributed by atoms with Crippen LogP contribution in [0.2, 0.25) is 0 Å². The maximum absolute atomic E-state index is 17.0. The van der Waals surface area contributed by atoms with Crippen molar-refractivity contribution in [1.82, 2.24) is 25.2 Å². The van der Waals surface area contributed by atoms with Crippen LogP contribution in [0.3, 0.4) is 0 Å². The number of piperazine rings is 1. The lowest BCUT2D eigenvalue weighted by Gasteiger charge is -2.41. The summed E-state index contributed by atoms with van der Waals surface area (Å²) in [5.74, 6) is -0.0612. The van der Waals surface area contributed by atoms with Crippen LogP contribution in [0.5, 0.6) is 6.01 Å². The van der Waals surface area contributed by atoms with Crippen molar-refractivity contribution in [3.05, 3.63) is 53.2 Å². The largest absolute Gasteiger partial charge is 0.461 e. The highest BCUT2D eigenvalue weighted by Crippen LogP contribution is 2.46. The van der Waals surface area contributed by atoms with Crippen molar-refractivity contribution < 1.29 is 44.6 Å². The summed E-state index contributed by atoms with van der Waals surface area (Å²) < 4.78 is 112. The Kier molecular flexibility index (Phi) is 11.1. The number of nitrogens with zero attached hydrogens (tertiary/aromatic N) is 5. The minimum Gasteiger partial charge on any atom is -0.461 e. The molecule has 2 aromatic heterocycles. The first-order valence-electron chi connectivity index (χ1n) is 19.7. The quantitative estimate of drug-likeness (QED) is 0.200. The fraction of sp³-hybridized carbons (Fsp3) is 0.585. The van der Waals surface area contributed by atoms with Crippen LogP contribution in [0.1, 0.15) is 77.0 Å². The Bertz CT molecular complexity index is 2100. The van der Waals surface area contributed by atoms with Crippen LogP contribution in [-0.2, 0) is 11.2 Å². The predicted molar refractivity (Wildman–Crippen MR) is 201 cm³/mol. The van der Waals surface area contributed by atoms with Gasteiger partial charge in [-0.15, -0.1) is 0 Å². The number of alkyl halides is 6. The molecule has 0 saturated carbocycles. The van der Waals surface area contributed by atoms with Gasteiger partial charge in [0.2, 0.25) is 0 Å². The van der Waals surface area contributed by atoms with E-state index in [0.717, 1.165) is 68.6 Å². The number of anilines is 1. The molecule has 57 heavy (non-hydrogen) atoms. The number of hydrogen-bond donors (Lipinski definition) is 1. The van der Waals surface area contributed by atoms with E-state index in [1.54, 1.807) is 13.0 Å². The minimum atomic E-state index is -5.46. The van der Waals surface area contributed by atoms with Crippen LogP contribution < -0.4 is 15.0 Å². The van der Waals surface area contributed by atoms with Gasteiger partial charge in [-0.2, -0.15) is 36.3 Å². The molecule has 0 radical (unpaired) electrons. The molecular weight excluding hydrogens is 760 g/mol. The summed E-state index contributed by atoms with van der Waals surface area (Å²) in [5, 5.41) is 6.04. The summed E-state index contributed by atoms with van der Waals surface area (Å²) in [4.78, 5) is 19.8. The lowest BCUT2D eigenvalue weighted by molar-refractivity contribution is -0.367. The lowest BCUT2D eigenvalue weighted by Crippen LogP contribution is -2.58. The van der Waals surface area contributed by atoms with Gasteiger partial charge in [-0.3, -0.25) is 4.90 Å². The van der Waals surface area contributed by atoms with Crippen molar-refractivity contribution in [2.75, 3.05) is 38.3 Å². The standard InChI is InChI=1S/C34H36F2N6O.C5H6F6O.C2H6/c1-19-23(35)9-7-20-5-2-6-22(27(19)20)30-29(36)31-28-25(38-30)11-12-26-24-10-8-21(37-24)17-42(26)32(28)40-33(39-31)43-18-34-13-3-15-41(34)16-4-14-34;1-3(12-2,4(6,7)8)5(9,10)11;1-2/h2,5-7,9,21,24,26,37H,3-4,8,10-18H2,1H3;1-2H3;1-2H3/t21-,24-,26?;;/m0../s1. The van der Waals surface area contributed by atoms with Crippen molar-refractivity contribution in [2.24, 2.45) is 0 Å². The number of nitrogens with one attached hydrogen (secondary N) is 1. The van der Waals surface area contributed by atoms with Crippen LogP contribution in [-0.4, -0.2) is 94.8 Å². The number of aryl methyl sites for hydroxylation is 2. The Hall–Kier alpha value is -3.89. The van der Waals surface area contributed by atoms with Gasteiger partial charge in [0.25, 0.3) is 5.60 Å². The Balaban J connectivity index is 0.000000308. The number of methoxy groups -OCH3 is 1. The zero-order valence-electron chi connectivity index (χ0n) is 32.7. The fourth-order valence-electron chi connectivity index (χ4n) is 9.39. The van der Waals surface area contributed by atoms with E-state index in [1.807, 2.05) is 32.0 Å². The monoisotopic (exact) mass is 808 g/mol. The molecule has 2 aromatic carbocycles. The number of hydrogen-bond acceptors (Lipinski definition) is 8. The Morgan fingerprint density at radius 2 is 1.60 bits per heavy atom. The van der Waals surface area contributed by atoms with Gasteiger partial charge < -0.3 is 19.7 Å². The first kappa shape index (κ1) is 41.3. The van der Waals surface area contributed by atoms with Gasteiger partial charge in [0.15, 0.2) is 5.82 Å². The highest BCUT2D eigenvalue weighted by atomic mass is 19.4. The number of pyridine rings is 1. The van der Waals surface area contributed by atoms with E-state index in [9.17, 15) is 30.7 Å². The van der Waals surface area contributed by atoms with Crippen LogP contribution >= 0.6 is 0 Å². The van der Waals surface area contributed by atoms with Crippen LogP contribution in [0.25, 0.3) is 32.9 Å². The van der Waals surface area contributed by atoms with Gasteiger partial charge in [-0.1, -0.05) is 38.1 Å². The smallest absolute Gasteiger partial charge is 0.426 e. The summed E-state index contributed by atoms with van der Waals surface area (Å²) in [6, 6.07) is 10.1. The van der Waals surface area contributed by atoms with Crippen LogP contribution in [0.15, 0.2) is 30.3 Å². The second-order valence-electron chi connectivity index (χ2n) is 15.6. The third-order valence-electron chi connectivity index (χ3n) is 12.6. The average Bonchev–Trinajstić information content (AvgIpc) is 3.87. The molecule has 9 rings (SSSR count). The molecule has 3 atom stereocenters. The second-order valence-corrected chi connectivity index (χ2v) is 15.6. The SMILES string of the molecule is CC.COC(C)(C(F)(F)F)C(F)(F)F.Cc1c(F)ccc2cccc(-c3nc4c5c(nc(OCC67CCCN6CCC7)nc5c3F)N3C[C@@H]5CC[C@H](N5)C3CC4)c12. The summed E-state index contributed by atoms with van der Waals surface area (Å²) in [6.07, 6.45) is -2.48.